The van der Waals surface area contributed by atoms with Crippen molar-refractivity contribution in [3.8, 4) is 5.75 Å². The van der Waals surface area contributed by atoms with Gasteiger partial charge in [0.2, 0.25) is 0 Å². The van der Waals surface area contributed by atoms with Crippen LogP contribution in [-0.2, 0) is 14.9 Å². The van der Waals surface area contributed by atoms with Crippen molar-refractivity contribution < 1.29 is 14.3 Å². The second-order valence-electron chi connectivity index (χ2n) is 7.97. The highest BCUT2D eigenvalue weighted by Crippen LogP contribution is 2.24. The monoisotopic (exact) mass is 394 g/mol. The smallest absolute Gasteiger partial charge is 0.309 e. The van der Waals surface area contributed by atoms with Gasteiger partial charge in [0, 0.05) is 0 Å². The number of rotatable bonds is 6. The highest BCUT2D eigenvalue weighted by atomic mass is 16.5. The summed E-state index contributed by atoms with van der Waals surface area (Å²) < 4.78 is 11.0. The number of carbonyl (C=O) groups excluding carboxylic acids is 1. The van der Waals surface area contributed by atoms with Crippen LogP contribution in [-0.4, -0.2) is 22.5 Å². The topological polar surface area (TPSA) is 81.3 Å². The van der Waals surface area contributed by atoms with Crippen molar-refractivity contribution in [1.82, 2.24) is 9.97 Å². The third kappa shape index (κ3) is 5.22. The fraction of sp³-hybridized carbons (Fsp3) is 0.348. The summed E-state index contributed by atoms with van der Waals surface area (Å²) in [5.41, 5.74) is 1.61. The molecule has 0 radical (unpaired) electrons. The van der Waals surface area contributed by atoms with Gasteiger partial charge in [0.1, 0.15) is 5.75 Å². The molecule has 0 fully saturated rings. The highest BCUT2D eigenvalue weighted by Gasteiger charge is 2.16. The molecule has 0 aliphatic carbocycles. The molecule has 1 N–H and O–H groups in total. The van der Waals surface area contributed by atoms with E-state index in [1.54, 1.807) is 31.2 Å². The summed E-state index contributed by atoms with van der Waals surface area (Å²) in [7, 11) is 0. The van der Waals surface area contributed by atoms with Crippen LogP contribution in [0.15, 0.2) is 53.3 Å². The summed E-state index contributed by atoms with van der Waals surface area (Å²) in [6, 6.07) is 14.9. The first kappa shape index (κ1) is 20.6. The first-order valence-corrected chi connectivity index (χ1v) is 9.66. The maximum atomic E-state index is 12.1. The molecule has 0 bridgehead atoms. The minimum Gasteiger partial charge on any atom is -0.493 e. The lowest BCUT2D eigenvalue weighted by Crippen LogP contribution is -2.18. The molecule has 152 valence electrons. The number of benzene rings is 2. The number of esters is 1. The van der Waals surface area contributed by atoms with E-state index in [9.17, 15) is 9.59 Å². The zero-order valence-corrected chi connectivity index (χ0v) is 17.2. The Balaban J connectivity index is 1.53. The van der Waals surface area contributed by atoms with Crippen molar-refractivity contribution in [1.29, 1.82) is 0 Å². The molecule has 0 aliphatic heterocycles. The van der Waals surface area contributed by atoms with Gasteiger partial charge in [-0.05, 0) is 42.2 Å². The zero-order chi connectivity index (χ0) is 21.0. The molecule has 3 aromatic rings. The van der Waals surface area contributed by atoms with Crippen LogP contribution in [0.2, 0.25) is 0 Å². The lowest BCUT2D eigenvalue weighted by atomic mass is 9.87. The maximum absolute atomic E-state index is 12.1. The number of aromatic amines is 1. The third-order valence-electron chi connectivity index (χ3n) is 4.62. The van der Waals surface area contributed by atoms with Gasteiger partial charge in [-0.15, -0.1) is 0 Å². The Morgan fingerprint density at radius 1 is 1.10 bits per heavy atom. The first-order chi connectivity index (χ1) is 13.7. The van der Waals surface area contributed by atoms with E-state index in [2.05, 4.69) is 30.7 Å². The number of hydrogen-bond donors (Lipinski definition) is 1. The number of para-hydroxylation sites is 1. The van der Waals surface area contributed by atoms with Crippen molar-refractivity contribution in [3.05, 3.63) is 70.3 Å². The number of nitrogens with zero attached hydrogens (tertiary/aromatic N) is 1. The summed E-state index contributed by atoms with van der Waals surface area (Å²) in [6.45, 7) is 8.34. The third-order valence-corrected chi connectivity index (χ3v) is 4.62. The minimum absolute atomic E-state index is 0.0796. The SMILES string of the molecule is C[C@@H](OC(=O)CCOc1ccc(C(C)(C)C)cc1)c1nc2ccccc2c(=O)[nH]1. The van der Waals surface area contributed by atoms with Gasteiger partial charge in [0.15, 0.2) is 11.9 Å². The van der Waals surface area contributed by atoms with E-state index in [0.717, 1.165) is 0 Å². The van der Waals surface area contributed by atoms with Gasteiger partial charge in [-0.2, -0.15) is 0 Å². The lowest BCUT2D eigenvalue weighted by Gasteiger charge is -2.19. The summed E-state index contributed by atoms with van der Waals surface area (Å²) in [4.78, 5) is 31.3. The molecule has 3 rings (SSSR count). The van der Waals surface area contributed by atoms with E-state index in [1.807, 2.05) is 24.3 Å². The van der Waals surface area contributed by atoms with Crippen LogP contribution >= 0.6 is 0 Å². The fourth-order valence-corrected chi connectivity index (χ4v) is 2.91. The van der Waals surface area contributed by atoms with E-state index in [1.165, 1.54) is 5.56 Å². The van der Waals surface area contributed by atoms with E-state index in [4.69, 9.17) is 9.47 Å². The molecule has 6 nitrogen and oxygen atoms in total. The predicted octanol–water partition coefficient (Wildman–Crippen LogP) is 4.29. The molecule has 29 heavy (non-hydrogen) atoms. The van der Waals surface area contributed by atoms with E-state index >= 15 is 0 Å². The lowest BCUT2D eigenvalue weighted by molar-refractivity contribution is -0.149. The Morgan fingerprint density at radius 3 is 2.48 bits per heavy atom. The summed E-state index contributed by atoms with van der Waals surface area (Å²) >= 11 is 0. The molecular weight excluding hydrogens is 368 g/mol. The van der Waals surface area contributed by atoms with Gasteiger partial charge >= 0.3 is 5.97 Å². The molecule has 6 heteroatoms. The molecule has 0 unspecified atom stereocenters. The number of aromatic nitrogens is 2. The van der Waals surface area contributed by atoms with Crippen molar-refractivity contribution >= 4 is 16.9 Å². The fourth-order valence-electron chi connectivity index (χ4n) is 2.91. The molecule has 1 aromatic heterocycles. The maximum Gasteiger partial charge on any atom is 0.309 e. The Morgan fingerprint density at radius 2 is 1.79 bits per heavy atom. The molecule has 0 amide bonds. The van der Waals surface area contributed by atoms with Crippen LogP contribution in [0.3, 0.4) is 0 Å². The standard InChI is InChI=1S/C23H26N2O4/c1-15(21-24-19-8-6-5-7-18(19)22(27)25-21)29-20(26)13-14-28-17-11-9-16(10-12-17)23(2,3)4/h5-12,15H,13-14H2,1-4H3,(H,24,25,27)/t15-/m1/s1. The van der Waals surface area contributed by atoms with Gasteiger partial charge in [0.25, 0.3) is 5.56 Å². The van der Waals surface area contributed by atoms with E-state index in [-0.39, 0.29) is 24.0 Å². The summed E-state index contributed by atoms with van der Waals surface area (Å²) in [5, 5.41) is 0.501. The van der Waals surface area contributed by atoms with Crippen LogP contribution in [0.25, 0.3) is 10.9 Å². The molecule has 0 aliphatic rings. The van der Waals surface area contributed by atoms with Gasteiger partial charge < -0.3 is 14.5 Å². The van der Waals surface area contributed by atoms with Gasteiger partial charge in [-0.25, -0.2) is 4.98 Å². The highest BCUT2D eigenvalue weighted by molar-refractivity contribution is 5.77. The Labute approximate surface area is 169 Å². The van der Waals surface area contributed by atoms with Gasteiger partial charge in [0.05, 0.1) is 23.9 Å². The van der Waals surface area contributed by atoms with Gasteiger partial charge in [-0.3, -0.25) is 9.59 Å². The number of H-pyrrole nitrogens is 1. The van der Waals surface area contributed by atoms with Crippen LogP contribution in [0.1, 0.15) is 51.6 Å². The Kier molecular flexibility index (Phi) is 6.01. The van der Waals surface area contributed by atoms with Crippen molar-refractivity contribution in [3.63, 3.8) is 0 Å². The number of fused-ring (bicyclic) bond motifs is 1. The normalized spacial score (nSPS) is 12.6. The average molecular weight is 394 g/mol. The van der Waals surface area contributed by atoms with Crippen molar-refractivity contribution in [2.75, 3.05) is 6.61 Å². The number of ether oxygens (including phenoxy) is 2. The van der Waals surface area contributed by atoms with Crippen LogP contribution < -0.4 is 10.3 Å². The molecular formula is C23H26N2O4. The minimum atomic E-state index is -0.661. The van der Waals surface area contributed by atoms with Gasteiger partial charge in [-0.1, -0.05) is 45.0 Å². The molecule has 1 atom stereocenters. The Bertz CT molecular complexity index is 1050. The van der Waals surface area contributed by atoms with Crippen molar-refractivity contribution in [2.24, 2.45) is 0 Å². The van der Waals surface area contributed by atoms with Crippen molar-refractivity contribution in [2.45, 2.75) is 45.6 Å². The number of nitrogens with one attached hydrogen (secondary N) is 1. The first-order valence-electron chi connectivity index (χ1n) is 9.66. The van der Waals surface area contributed by atoms with E-state index in [0.29, 0.717) is 22.5 Å². The average Bonchev–Trinajstić information content (AvgIpc) is 2.67. The number of hydrogen-bond acceptors (Lipinski definition) is 5. The number of carbonyl (C=O) groups is 1. The molecule has 0 spiro atoms. The summed E-state index contributed by atoms with van der Waals surface area (Å²) in [5.74, 6) is 0.611. The Hall–Kier alpha value is -3.15. The van der Waals surface area contributed by atoms with Crippen LogP contribution in [0, 0.1) is 0 Å². The largest absolute Gasteiger partial charge is 0.493 e. The molecule has 2 aromatic carbocycles. The molecule has 0 saturated heterocycles. The quantitative estimate of drug-likeness (QED) is 0.631. The van der Waals surface area contributed by atoms with E-state index < -0.39 is 12.1 Å². The van der Waals surface area contributed by atoms with Crippen LogP contribution in [0.4, 0.5) is 0 Å². The predicted molar refractivity (Wildman–Crippen MR) is 112 cm³/mol. The second kappa shape index (κ2) is 8.47. The summed E-state index contributed by atoms with van der Waals surface area (Å²) in [6.07, 6.45) is -0.561. The molecule has 1 heterocycles. The molecule has 0 saturated carbocycles. The second-order valence-corrected chi connectivity index (χ2v) is 7.97. The van der Waals surface area contributed by atoms with Crippen LogP contribution in [0.5, 0.6) is 5.75 Å². The zero-order valence-electron chi connectivity index (χ0n) is 17.2.